The molecule has 1 aromatic carbocycles. The van der Waals surface area contributed by atoms with Crippen LogP contribution in [0, 0.1) is 0 Å². The molecule has 0 unspecified atom stereocenters. The van der Waals surface area contributed by atoms with Crippen molar-refractivity contribution in [2.75, 3.05) is 7.11 Å². The van der Waals surface area contributed by atoms with E-state index in [1.807, 2.05) is 4.72 Å². The summed E-state index contributed by atoms with van der Waals surface area (Å²) in [5, 5.41) is 0.475. The van der Waals surface area contributed by atoms with Gasteiger partial charge in [-0.3, -0.25) is 4.79 Å². The zero-order valence-electron chi connectivity index (χ0n) is 12.2. The molecule has 124 valence electrons. The van der Waals surface area contributed by atoms with E-state index in [-0.39, 0.29) is 11.3 Å². The molecule has 0 radical (unpaired) electrons. The molecule has 0 saturated carbocycles. The summed E-state index contributed by atoms with van der Waals surface area (Å²) in [5.41, 5.74) is 1.32. The van der Waals surface area contributed by atoms with Crippen LogP contribution in [-0.4, -0.2) is 32.4 Å². The highest BCUT2D eigenvalue weighted by Crippen LogP contribution is 2.23. The molecule has 3 rings (SSSR count). The van der Waals surface area contributed by atoms with Crippen molar-refractivity contribution in [3.05, 3.63) is 47.3 Å². The minimum absolute atomic E-state index is 0.0679. The van der Waals surface area contributed by atoms with E-state index in [1.54, 1.807) is 24.3 Å². The summed E-state index contributed by atoms with van der Waals surface area (Å²) in [7, 11) is -3.18. The Morgan fingerprint density at radius 1 is 1.29 bits per heavy atom. The highest BCUT2D eigenvalue weighted by atomic mass is 32.2. The van der Waals surface area contributed by atoms with Gasteiger partial charge in [0.25, 0.3) is 15.9 Å². The van der Waals surface area contributed by atoms with Crippen LogP contribution in [0.25, 0.3) is 11.0 Å². The third-order valence-electron chi connectivity index (χ3n) is 3.11. The number of methoxy groups -OCH3 is 1. The van der Waals surface area contributed by atoms with Gasteiger partial charge in [0.2, 0.25) is 0 Å². The third-order valence-corrected chi connectivity index (χ3v) is 5.81. The summed E-state index contributed by atoms with van der Waals surface area (Å²) in [5.74, 6) is -1.78. The molecule has 1 amide bonds. The SMILES string of the molecule is COC(=O)c1ncsc1S(=O)(=O)NC(=O)c1coc2ccccc12. The van der Waals surface area contributed by atoms with Gasteiger partial charge in [0.05, 0.1) is 18.2 Å². The van der Waals surface area contributed by atoms with Crippen LogP contribution >= 0.6 is 11.3 Å². The Bertz CT molecular complexity index is 1030. The van der Waals surface area contributed by atoms with Crippen molar-refractivity contribution in [3.63, 3.8) is 0 Å². The molecule has 2 aromatic heterocycles. The highest BCUT2D eigenvalue weighted by Gasteiger charge is 2.29. The molecule has 0 aliphatic heterocycles. The van der Waals surface area contributed by atoms with Crippen LogP contribution in [0.3, 0.4) is 0 Å². The molecule has 0 fully saturated rings. The van der Waals surface area contributed by atoms with Crippen molar-refractivity contribution < 1.29 is 27.2 Å². The second-order valence-corrected chi connectivity index (χ2v) is 7.29. The molecule has 8 nitrogen and oxygen atoms in total. The zero-order valence-corrected chi connectivity index (χ0v) is 13.8. The minimum Gasteiger partial charge on any atom is -0.464 e. The van der Waals surface area contributed by atoms with E-state index in [0.29, 0.717) is 22.3 Å². The maximum Gasteiger partial charge on any atom is 0.358 e. The standard InChI is InChI=1S/C14H10N2O6S2/c1-21-13(18)11-14(23-7-15-11)24(19,20)16-12(17)9-6-22-10-5-3-2-4-8(9)10/h2-7H,1H3,(H,16,17). The molecular formula is C14H10N2O6S2. The second-order valence-electron chi connectivity index (χ2n) is 4.56. The van der Waals surface area contributed by atoms with Crippen molar-refractivity contribution in [2.45, 2.75) is 4.21 Å². The van der Waals surface area contributed by atoms with Crippen LogP contribution in [-0.2, 0) is 14.8 Å². The highest BCUT2D eigenvalue weighted by molar-refractivity contribution is 7.92. The summed E-state index contributed by atoms with van der Waals surface area (Å²) in [6.07, 6.45) is 1.17. The Labute approximate surface area is 140 Å². The number of rotatable bonds is 4. The van der Waals surface area contributed by atoms with Crippen molar-refractivity contribution in [1.82, 2.24) is 9.71 Å². The molecule has 0 aliphatic rings. The first kappa shape index (κ1) is 16.1. The summed E-state index contributed by atoms with van der Waals surface area (Å²) < 4.78 is 36.0. The zero-order chi connectivity index (χ0) is 17.3. The molecular weight excluding hydrogens is 356 g/mol. The van der Waals surface area contributed by atoms with Crippen molar-refractivity contribution >= 4 is 44.2 Å². The minimum atomic E-state index is -4.28. The first-order valence-corrected chi connectivity index (χ1v) is 8.85. The normalized spacial score (nSPS) is 11.4. The summed E-state index contributed by atoms with van der Waals surface area (Å²) in [6.45, 7) is 0. The average molecular weight is 366 g/mol. The van der Waals surface area contributed by atoms with Gasteiger partial charge in [-0.25, -0.2) is 22.9 Å². The fraction of sp³-hybridized carbons (Fsp3) is 0.0714. The lowest BCUT2D eigenvalue weighted by molar-refractivity contribution is 0.0590. The topological polar surface area (TPSA) is 116 Å². The first-order valence-electron chi connectivity index (χ1n) is 6.49. The number of hydrogen-bond acceptors (Lipinski definition) is 8. The molecule has 0 bridgehead atoms. The van der Waals surface area contributed by atoms with Gasteiger partial charge in [-0.1, -0.05) is 18.2 Å². The Kier molecular flexibility index (Phi) is 4.08. The van der Waals surface area contributed by atoms with Gasteiger partial charge in [0.1, 0.15) is 11.8 Å². The van der Waals surface area contributed by atoms with E-state index >= 15 is 0 Å². The predicted octanol–water partition coefficient (Wildman–Crippen LogP) is 1.79. The number of nitrogens with zero attached hydrogens (tertiary/aromatic N) is 1. The lowest BCUT2D eigenvalue weighted by atomic mass is 10.2. The molecule has 3 aromatic rings. The Balaban J connectivity index is 1.94. The quantitative estimate of drug-likeness (QED) is 0.700. The number of fused-ring (bicyclic) bond motifs is 1. The van der Waals surface area contributed by atoms with E-state index in [2.05, 4.69) is 9.72 Å². The average Bonchev–Trinajstić information content (AvgIpc) is 3.20. The van der Waals surface area contributed by atoms with Gasteiger partial charge in [-0.2, -0.15) is 0 Å². The molecule has 0 aliphatic carbocycles. The number of benzene rings is 1. The smallest absolute Gasteiger partial charge is 0.358 e. The maximum atomic E-state index is 12.4. The van der Waals surface area contributed by atoms with Gasteiger partial charge in [-0.05, 0) is 6.07 Å². The maximum absolute atomic E-state index is 12.4. The van der Waals surface area contributed by atoms with E-state index in [1.165, 1.54) is 11.8 Å². The number of para-hydroxylation sites is 1. The van der Waals surface area contributed by atoms with Gasteiger partial charge < -0.3 is 9.15 Å². The van der Waals surface area contributed by atoms with Gasteiger partial charge in [0.15, 0.2) is 9.90 Å². The first-order chi connectivity index (χ1) is 11.4. The number of esters is 1. The molecule has 0 spiro atoms. The van der Waals surface area contributed by atoms with Gasteiger partial charge in [-0.15, -0.1) is 11.3 Å². The van der Waals surface area contributed by atoms with Crippen LogP contribution in [0.1, 0.15) is 20.8 Å². The van der Waals surface area contributed by atoms with Crippen molar-refractivity contribution in [3.8, 4) is 0 Å². The summed E-state index contributed by atoms with van der Waals surface area (Å²) in [4.78, 5) is 27.5. The molecule has 0 saturated heterocycles. The fourth-order valence-electron chi connectivity index (χ4n) is 2.04. The number of thiazole rings is 1. The third kappa shape index (κ3) is 2.76. The van der Waals surface area contributed by atoms with E-state index in [9.17, 15) is 18.0 Å². The number of furan rings is 1. The number of ether oxygens (including phenoxy) is 1. The number of aromatic nitrogens is 1. The number of sulfonamides is 1. The number of hydrogen-bond donors (Lipinski definition) is 1. The largest absolute Gasteiger partial charge is 0.464 e. The molecule has 24 heavy (non-hydrogen) atoms. The van der Waals surface area contributed by atoms with Crippen LogP contribution < -0.4 is 4.72 Å². The van der Waals surface area contributed by atoms with Gasteiger partial charge >= 0.3 is 5.97 Å². The van der Waals surface area contributed by atoms with Crippen LogP contribution in [0.5, 0.6) is 0 Å². The fourth-order valence-corrected chi connectivity index (χ4v) is 4.14. The van der Waals surface area contributed by atoms with Crippen molar-refractivity contribution in [1.29, 1.82) is 0 Å². The van der Waals surface area contributed by atoms with Crippen LogP contribution in [0.15, 0.2) is 44.7 Å². The van der Waals surface area contributed by atoms with E-state index in [0.717, 1.165) is 7.11 Å². The number of amides is 1. The number of nitrogens with one attached hydrogen (secondary N) is 1. The monoisotopic (exact) mass is 366 g/mol. The van der Waals surface area contributed by atoms with E-state index < -0.39 is 26.1 Å². The molecule has 0 atom stereocenters. The summed E-state index contributed by atoms with van der Waals surface area (Å²) >= 11 is 0.705. The van der Waals surface area contributed by atoms with E-state index in [4.69, 9.17) is 4.42 Å². The van der Waals surface area contributed by atoms with Crippen molar-refractivity contribution in [2.24, 2.45) is 0 Å². The van der Waals surface area contributed by atoms with Gasteiger partial charge in [0, 0.05) is 5.39 Å². The molecule has 2 heterocycles. The lowest BCUT2D eigenvalue weighted by Crippen LogP contribution is -2.31. The second kappa shape index (κ2) is 6.06. The number of carbonyl (C=O) groups excluding carboxylic acids is 2. The van der Waals surface area contributed by atoms with Crippen LogP contribution in [0.4, 0.5) is 0 Å². The Hall–Kier alpha value is -2.72. The number of carbonyl (C=O) groups is 2. The predicted molar refractivity (Wildman–Crippen MR) is 84.3 cm³/mol. The lowest BCUT2D eigenvalue weighted by Gasteiger charge is -2.05. The Morgan fingerprint density at radius 2 is 2.04 bits per heavy atom. The summed E-state index contributed by atoms with van der Waals surface area (Å²) in [6, 6.07) is 6.71. The van der Waals surface area contributed by atoms with Crippen LogP contribution in [0.2, 0.25) is 0 Å². The molecule has 10 heteroatoms. The Morgan fingerprint density at radius 3 is 2.79 bits per heavy atom. The molecule has 1 N–H and O–H groups in total.